The highest BCUT2D eigenvalue weighted by Gasteiger charge is 2.16. The molecule has 6 nitrogen and oxygen atoms in total. The van der Waals surface area contributed by atoms with Crippen LogP contribution in [0.25, 0.3) is 33.4 Å². The topological polar surface area (TPSA) is 55.4 Å². The zero-order valence-corrected chi connectivity index (χ0v) is 30.8. The van der Waals surface area contributed by atoms with E-state index in [4.69, 9.17) is 28.4 Å². The largest absolute Gasteiger partial charge is 0.496 e. The molecule has 0 N–H and O–H groups in total. The fourth-order valence-corrected chi connectivity index (χ4v) is 6.41. The molecule has 6 aromatic rings. The Bertz CT molecular complexity index is 2140. The molecule has 0 spiro atoms. The van der Waals surface area contributed by atoms with Gasteiger partial charge in [0, 0.05) is 66.8 Å². The minimum absolute atomic E-state index is 0.684. The van der Waals surface area contributed by atoms with Gasteiger partial charge in [-0.3, -0.25) is 0 Å². The molecule has 1 aliphatic rings. The van der Waals surface area contributed by atoms with E-state index in [2.05, 4.69) is 35.5 Å². The molecule has 54 heavy (non-hydrogen) atoms. The average molecular weight is 709 g/mol. The van der Waals surface area contributed by atoms with Gasteiger partial charge in [-0.1, -0.05) is 35.5 Å². The highest BCUT2D eigenvalue weighted by atomic mass is 16.5. The van der Waals surface area contributed by atoms with E-state index in [9.17, 15) is 0 Å². The van der Waals surface area contributed by atoms with Crippen molar-refractivity contribution in [2.45, 2.75) is 0 Å². The van der Waals surface area contributed by atoms with Crippen molar-refractivity contribution in [1.29, 1.82) is 0 Å². The minimum atomic E-state index is 0.684. The summed E-state index contributed by atoms with van der Waals surface area (Å²) in [6.07, 6.45) is 0. The molecule has 0 saturated carbocycles. The number of rotatable bonds is 6. The van der Waals surface area contributed by atoms with Crippen molar-refractivity contribution in [2.75, 3.05) is 42.7 Å². The van der Waals surface area contributed by atoms with Crippen molar-refractivity contribution in [2.24, 2.45) is 0 Å². The fourth-order valence-electron chi connectivity index (χ4n) is 6.41. The molecule has 0 atom stereocenters. The van der Waals surface area contributed by atoms with Gasteiger partial charge in [-0.05, 0) is 109 Å². The summed E-state index contributed by atoms with van der Waals surface area (Å²) < 4.78 is 34.9. The normalized spacial score (nSPS) is 10.8. The Morgan fingerprint density at radius 2 is 0.389 bits per heavy atom. The fraction of sp³-hybridized carbons (Fsp3) is 0.125. The summed E-state index contributed by atoms with van der Waals surface area (Å²) >= 11 is 0. The van der Waals surface area contributed by atoms with Crippen LogP contribution in [0, 0.1) is 35.5 Å². The predicted octanol–water partition coefficient (Wildman–Crippen LogP) is 9.25. The second kappa shape index (κ2) is 15.6. The number of hydrogen-bond acceptors (Lipinski definition) is 6. The lowest BCUT2D eigenvalue weighted by Crippen LogP contribution is -1.95. The van der Waals surface area contributed by atoms with Gasteiger partial charge < -0.3 is 28.4 Å². The quantitative estimate of drug-likeness (QED) is 0.161. The van der Waals surface area contributed by atoms with Gasteiger partial charge in [0.25, 0.3) is 0 Å². The summed E-state index contributed by atoms with van der Waals surface area (Å²) in [5.41, 5.74) is 9.79. The van der Waals surface area contributed by atoms with Crippen LogP contribution in [0.2, 0.25) is 0 Å². The monoisotopic (exact) mass is 708 g/mol. The lowest BCUT2D eigenvalue weighted by Gasteiger charge is -2.14. The maximum atomic E-state index is 5.82. The number of methoxy groups -OCH3 is 6. The molecule has 0 unspecified atom stereocenters. The maximum Gasteiger partial charge on any atom is 0.126 e. The summed E-state index contributed by atoms with van der Waals surface area (Å²) in [4.78, 5) is 0. The number of benzene rings is 6. The Kier molecular flexibility index (Phi) is 10.2. The molecular formula is C48H36O6. The highest BCUT2D eigenvalue weighted by Crippen LogP contribution is 2.40. The van der Waals surface area contributed by atoms with Crippen LogP contribution in [0.15, 0.2) is 109 Å². The van der Waals surface area contributed by atoms with E-state index in [1.54, 1.807) is 42.7 Å². The first-order valence-electron chi connectivity index (χ1n) is 17.1. The maximum absolute atomic E-state index is 5.82. The van der Waals surface area contributed by atoms with E-state index in [1.807, 2.05) is 109 Å². The Morgan fingerprint density at radius 3 is 0.519 bits per heavy atom. The van der Waals surface area contributed by atoms with Gasteiger partial charge in [-0.15, -0.1) is 0 Å². The summed E-state index contributed by atoms with van der Waals surface area (Å²) in [7, 11) is 9.91. The third-order valence-corrected chi connectivity index (χ3v) is 9.12. The van der Waals surface area contributed by atoms with Gasteiger partial charge in [0.1, 0.15) is 34.5 Å². The van der Waals surface area contributed by atoms with Gasteiger partial charge >= 0.3 is 0 Å². The molecular weight excluding hydrogens is 673 g/mol. The van der Waals surface area contributed by atoms with E-state index in [1.165, 1.54) is 0 Å². The van der Waals surface area contributed by atoms with E-state index in [0.29, 0.717) is 34.5 Å². The third kappa shape index (κ3) is 7.13. The second-order valence-corrected chi connectivity index (χ2v) is 12.2. The first-order chi connectivity index (χ1) is 26.4. The first-order valence-corrected chi connectivity index (χ1v) is 17.1. The van der Waals surface area contributed by atoms with Crippen molar-refractivity contribution in [3.05, 3.63) is 143 Å². The zero-order chi connectivity index (χ0) is 37.6. The molecule has 0 saturated heterocycles. The summed E-state index contributed by atoms with van der Waals surface area (Å²) in [6.45, 7) is 0. The summed E-state index contributed by atoms with van der Waals surface area (Å²) in [5, 5.41) is 0. The Morgan fingerprint density at radius 1 is 0.241 bits per heavy atom. The Labute approximate surface area is 316 Å². The van der Waals surface area contributed by atoms with E-state index < -0.39 is 0 Å². The Balaban J connectivity index is 1.49. The lowest BCUT2D eigenvalue weighted by molar-refractivity contribution is 0.410. The van der Waals surface area contributed by atoms with Crippen LogP contribution in [-0.2, 0) is 0 Å². The van der Waals surface area contributed by atoms with Crippen LogP contribution in [-0.4, -0.2) is 42.7 Å². The van der Waals surface area contributed by atoms with E-state index >= 15 is 0 Å². The van der Waals surface area contributed by atoms with E-state index in [-0.39, 0.29) is 0 Å². The molecule has 0 aromatic heterocycles. The number of fused-ring (bicyclic) bond motifs is 15. The first kappa shape index (κ1) is 35.2. The van der Waals surface area contributed by atoms with Gasteiger partial charge in [0.2, 0.25) is 0 Å². The summed E-state index contributed by atoms with van der Waals surface area (Å²) in [5.74, 6) is 24.2. The second-order valence-electron chi connectivity index (χ2n) is 12.2. The van der Waals surface area contributed by atoms with Crippen LogP contribution in [0.1, 0.15) is 33.4 Å². The zero-order valence-electron chi connectivity index (χ0n) is 30.8. The standard InChI is InChI=1S/C48H36O6/c1-49-43-19-13-31-7-8-33-15-21-45(51-3)39(27-33)41-29-35(17-23-47(41)53-5)11-12-36-18-24-48(54-6)42(30-36)40-28-34(16-22-46(40)52-4)10-9-32-14-20-44(50-2)38(26-32)37(43)25-31/h13-30H,1-6H3. The van der Waals surface area contributed by atoms with Crippen LogP contribution in [0.3, 0.4) is 0 Å². The molecule has 264 valence electrons. The van der Waals surface area contributed by atoms with Gasteiger partial charge in [0.05, 0.1) is 42.7 Å². The Hall–Kier alpha value is -7.20. The SMILES string of the molecule is COc1ccc2cc1-c1cc(ccc1OC)C#Cc1ccc(OC)c(c1)-c1cc(ccc1OC)C#Cc1ccc(OC)c(c1)-c1cc(ccc1OC)C#C2. The molecule has 0 aliphatic heterocycles. The van der Waals surface area contributed by atoms with Gasteiger partial charge in [-0.2, -0.15) is 0 Å². The van der Waals surface area contributed by atoms with Crippen molar-refractivity contribution >= 4 is 0 Å². The van der Waals surface area contributed by atoms with Crippen LogP contribution < -0.4 is 28.4 Å². The molecule has 6 aromatic carbocycles. The summed E-state index contributed by atoms with van der Waals surface area (Å²) in [6, 6.07) is 35.2. The molecule has 6 heteroatoms. The van der Waals surface area contributed by atoms with E-state index in [0.717, 1.165) is 66.8 Å². The molecule has 0 heterocycles. The van der Waals surface area contributed by atoms with Crippen LogP contribution in [0.5, 0.6) is 34.5 Å². The highest BCUT2D eigenvalue weighted by molar-refractivity contribution is 5.81. The molecule has 0 radical (unpaired) electrons. The predicted molar refractivity (Wildman–Crippen MR) is 213 cm³/mol. The molecule has 0 amide bonds. The average Bonchev–Trinajstić information content (AvgIpc) is 3.23. The van der Waals surface area contributed by atoms with Crippen molar-refractivity contribution < 1.29 is 28.4 Å². The van der Waals surface area contributed by atoms with Gasteiger partial charge in [0.15, 0.2) is 0 Å². The van der Waals surface area contributed by atoms with Crippen molar-refractivity contribution in [3.8, 4) is 103 Å². The minimum Gasteiger partial charge on any atom is -0.496 e. The van der Waals surface area contributed by atoms with Crippen molar-refractivity contribution in [3.63, 3.8) is 0 Å². The third-order valence-electron chi connectivity index (χ3n) is 9.12. The van der Waals surface area contributed by atoms with Gasteiger partial charge in [-0.25, -0.2) is 0 Å². The number of ether oxygens (including phenoxy) is 6. The van der Waals surface area contributed by atoms with Crippen LogP contribution >= 0.6 is 0 Å². The van der Waals surface area contributed by atoms with Crippen molar-refractivity contribution in [1.82, 2.24) is 0 Å². The lowest BCUT2D eigenvalue weighted by atomic mass is 9.97. The molecule has 0 fully saturated rings. The smallest absolute Gasteiger partial charge is 0.126 e. The van der Waals surface area contributed by atoms with Crippen LogP contribution in [0.4, 0.5) is 0 Å². The molecule has 1 aliphatic carbocycles. The molecule has 12 bridgehead atoms. The number of hydrogen-bond donors (Lipinski definition) is 0. The molecule has 7 rings (SSSR count).